The van der Waals surface area contributed by atoms with Gasteiger partial charge in [0.1, 0.15) is 17.1 Å². The van der Waals surface area contributed by atoms with E-state index in [1.54, 1.807) is 7.11 Å². The summed E-state index contributed by atoms with van der Waals surface area (Å²) in [6.07, 6.45) is 0. The Bertz CT molecular complexity index is 1470. The number of aromatic nitrogens is 3. The van der Waals surface area contributed by atoms with Gasteiger partial charge in [0, 0.05) is 22.2 Å². The number of benzene rings is 4. The predicted molar refractivity (Wildman–Crippen MR) is 141 cm³/mol. The molecule has 1 N–H and O–H groups in total. The van der Waals surface area contributed by atoms with Gasteiger partial charge in [-0.25, -0.2) is 4.98 Å². The first-order valence-electron chi connectivity index (χ1n) is 11.1. The maximum absolute atomic E-state index is 12.7. The topological polar surface area (TPSA) is 77.0 Å². The van der Waals surface area contributed by atoms with Crippen molar-refractivity contribution >= 4 is 34.1 Å². The number of hydrogen-bond donors (Lipinski definition) is 1. The highest BCUT2D eigenvalue weighted by molar-refractivity contribution is 7.99. The third kappa shape index (κ3) is 5.15. The number of amides is 1. The Labute approximate surface area is 207 Å². The zero-order chi connectivity index (χ0) is 24.0. The van der Waals surface area contributed by atoms with Crippen LogP contribution in [0.4, 0.5) is 5.69 Å². The molecule has 0 radical (unpaired) electrons. The van der Waals surface area contributed by atoms with Gasteiger partial charge in [-0.15, -0.1) is 10.2 Å². The lowest BCUT2D eigenvalue weighted by Gasteiger charge is -2.11. The smallest absolute Gasteiger partial charge is 0.234 e. The molecule has 0 bridgehead atoms. The molecule has 5 aromatic rings. The van der Waals surface area contributed by atoms with Crippen molar-refractivity contribution in [2.75, 3.05) is 18.2 Å². The first kappa shape index (κ1) is 22.6. The van der Waals surface area contributed by atoms with Crippen LogP contribution in [0.3, 0.4) is 0 Å². The Kier molecular flexibility index (Phi) is 6.68. The average molecular weight is 479 g/mol. The molecular formula is C28H22N4O2S. The fourth-order valence-electron chi connectivity index (χ4n) is 3.76. The van der Waals surface area contributed by atoms with Gasteiger partial charge in [-0.1, -0.05) is 78.5 Å². The Balaban J connectivity index is 1.37. The number of thioether (sulfide) groups is 1. The molecule has 6 nitrogen and oxygen atoms in total. The van der Waals surface area contributed by atoms with Crippen LogP contribution in [0.1, 0.15) is 0 Å². The Morgan fingerprint density at radius 3 is 2.31 bits per heavy atom. The van der Waals surface area contributed by atoms with Gasteiger partial charge in [0.25, 0.3) is 0 Å². The number of nitrogens with one attached hydrogen (secondary N) is 1. The first-order valence-corrected chi connectivity index (χ1v) is 12.0. The van der Waals surface area contributed by atoms with Crippen molar-refractivity contribution in [3.8, 4) is 28.3 Å². The van der Waals surface area contributed by atoms with Crippen LogP contribution in [-0.2, 0) is 4.79 Å². The summed E-state index contributed by atoms with van der Waals surface area (Å²) in [6, 6.07) is 31.3. The minimum atomic E-state index is -0.129. The Morgan fingerprint density at radius 1 is 0.800 bits per heavy atom. The van der Waals surface area contributed by atoms with Crippen molar-refractivity contribution in [3.63, 3.8) is 0 Å². The maximum atomic E-state index is 12.7. The molecule has 0 spiro atoms. The zero-order valence-corrected chi connectivity index (χ0v) is 19.8. The van der Waals surface area contributed by atoms with E-state index in [0.717, 1.165) is 33.3 Å². The van der Waals surface area contributed by atoms with E-state index in [4.69, 9.17) is 9.72 Å². The third-order valence-corrected chi connectivity index (χ3v) is 6.31. The van der Waals surface area contributed by atoms with Crippen molar-refractivity contribution in [1.82, 2.24) is 15.2 Å². The van der Waals surface area contributed by atoms with E-state index in [1.807, 2.05) is 97.1 Å². The number of carbonyl (C=O) groups is 1. The van der Waals surface area contributed by atoms with Gasteiger partial charge in [0.05, 0.1) is 12.9 Å². The second kappa shape index (κ2) is 10.4. The van der Waals surface area contributed by atoms with Crippen LogP contribution in [0, 0.1) is 0 Å². The first-order chi connectivity index (χ1) is 17.2. The standard InChI is InChI=1S/C28H22N4O2S/c1-34-22-16-14-21(15-17-22)27-26(20-9-3-2-4-10-20)30-28(32-31-27)35-18-25(33)29-24-13-7-11-19-8-5-6-12-23(19)24/h2-17H,18H2,1H3,(H,29,33). The molecule has 1 heterocycles. The molecule has 0 aliphatic carbocycles. The molecule has 5 rings (SSSR count). The molecule has 0 saturated carbocycles. The van der Waals surface area contributed by atoms with Gasteiger partial charge < -0.3 is 10.1 Å². The number of hydrogen-bond acceptors (Lipinski definition) is 6. The van der Waals surface area contributed by atoms with Crippen molar-refractivity contribution < 1.29 is 9.53 Å². The monoisotopic (exact) mass is 478 g/mol. The predicted octanol–water partition coefficient (Wildman–Crippen LogP) is 6.10. The maximum Gasteiger partial charge on any atom is 0.234 e. The Hall–Kier alpha value is -4.23. The molecule has 0 fully saturated rings. The molecule has 0 saturated heterocycles. The van der Waals surface area contributed by atoms with Gasteiger partial charge in [-0.2, -0.15) is 0 Å². The summed E-state index contributed by atoms with van der Waals surface area (Å²) in [6.45, 7) is 0. The fraction of sp³-hybridized carbons (Fsp3) is 0.0714. The second-order valence-electron chi connectivity index (χ2n) is 7.75. The number of carbonyl (C=O) groups excluding carboxylic acids is 1. The molecule has 172 valence electrons. The van der Waals surface area contributed by atoms with E-state index in [2.05, 4.69) is 15.5 Å². The second-order valence-corrected chi connectivity index (χ2v) is 8.69. The molecule has 1 amide bonds. The minimum Gasteiger partial charge on any atom is -0.497 e. The van der Waals surface area contributed by atoms with Gasteiger partial charge in [-0.05, 0) is 35.7 Å². The summed E-state index contributed by atoms with van der Waals surface area (Å²) in [5.74, 6) is 0.803. The highest BCUT2D eigenvalue weighted by Crippen LogP contribution is 2.31. The van der Waals surface area contributed by atoms with Gasteiger partial charge in [0.2, 0.25) is 11.1 Å². The van der Waals surface area contributed by atoms with Crippen LogP contribution in [-0.4, -0.2) is 34.0 Å². The largest absolute Gasteiger partial charge is 0.497 e. The van der Waals surface area contributed by atoms with Crippen molar-refractivity contribution in [2.24, 2.45) is 0 Å². The normalized spacial score (nSPS) is 10.8. The van der Waals surface area contributed by atoms with Crippen LogP contribution in [0.15, 0.2) is 102 Å². The SMILES string of the molecule is COc1ccc(-c2nnc(SCC(=O)Nc3cccc4ccccc34)nc2-c2ccccc2)cc1. The fourth-order valence-corrected chi connectivity index (χ4v) is 4.35. The van der Waals surface area contributed by atoms with E-state index < -0.39 is 0 Å². The third-order valence-electron chi connectivity index (χ3n) is 5.47. The number of rotatable bonds is 7. The van der Waals surface area contributed by atoms with Crippen molar-refractivity contribution in [3.05, 3.63) is 97.1 Å². The van der Waals surface area contributed by atoms with Crippen LogP contribution < -0.4 is 10.1 Å². The van der Waals surface area contributed by atoms with Crippen LogP contribution >= 0.6 is 11.8 Å². The molecule has 0 aliphatic rings. The molecule has 7 heteroatoms. The Morgan fingerprint density at radius 2 is 1.51 bits per heavy atom. The molecule has 0 unspecified atom stereocenters. The lowest BCUT2D eigenvalue weighted by molar-refractivity contribution is -0.113. The van der Waals surface area contributed by atoms with E-state index in [0.29, 0.717) is 16.5 Å². The summed E-state index contributed by atoms with van der Waals surface area (Å²) in [5.41, 5.74) is 3.98. The van der Waals surface area contributed by atoms with Gasteiger partial charge in [-0.3, -0.25) is 4.79 Å². The van der Waals surface area contributed by atoms with Gasteiger partial charge >= 0.3 is 0 Å². The molecular weight excluding hydrogens is 456 g/mol. The summed E-state index contributed by atoms with van der Waals surface area (Å²) < 4.78 is 5.27. The molecule has 0 atom stereocenters. The lowest BCUT2D eigenvalue weighted by Crippen LogP contribution is -2.14. The van der Waals surface area contributed by atoms with Crippen LogP contribution in [0.25, 0.3) is 33.3 Å². The van der Waals surface area contributed by atoms with Gasteiger partial charge in [0.15, 0.2) is 0 Å². The number of fused-ring (bicyclic) bond motifs is 1. The summed E-state index contributed by atoms with van der Waals surface area (Å²) in [4.78, 5) is 17.5. The number of ether oxygens (including phenoxy) is 1. The minimum absolute atomic E-state index is 0.129. The highest BCUT2D eigenvalue weighted by Gasteiger charge is 2.15. The molecule has 1 aromatic heterocycles. The summed E-state index contributed by atoms with van der Waals surface area (Å²) in [7, 11) is 1.63. The average Bonchev–Trinajstić information content (AvgIpc) is 2.92. The molecule has 0 aliphatic heterocycles. The number of methoxy groups -OCH3 is 1. The lowest BCUT2D eigenvalue weighted by atomic mass is 10.0. The van der Waals surface area contributed by atoms with Crippen molar-refractivity contribution in [2.45, 2.75) is 5.16 Å². The van der Waals surface area contributed by atoms with Crippen molar-refractivity contribution in [1.29, 1.82) is 0 Å². The molecule has 4 aromatic carbocycles. The number of anilines is 1. The zero-order valence-electron chi connectivity index (χ0n) is 19.0. The van der Waals surface area contributed by atoms with Crippen LogP contribution in [0.5, 0.6) is 5.75 Å². The van der Waals surface area contributed by atoms with E-state index in [9.17, 15) is 4.79 Å². The highest BCUT2D eigenvalue weighted by atomic mass is 32.2. The van der Waals surface area contributed by atoms with E-state index in [-0.39, 0.29) is 11.7 Å². The van der Waals surface area contributed by atoms with E-state index in [1.165, 1.54) is 11.8 Å². The number of nitrogens with zero attached hydrogens (tertiary/aromatic N) is 3. The quantitative estimate of drug-likeness (QED) is 0.285. The van der Waals surface area contributed by atoms with Crippen LogP contribution in [0.2, 0.25) is 0 Å². The van der Waals surface area contributed by atoms with E-state index >= 15 is 0 Å². The summed E-state index contributed by atoms with van der Waals surface area (Å²) in [5, 5.41) is 14.3. The summed E-state index contributed by atoms with van der Waals surface area (Å²) >= 11 is 1.26. The molecule has 35 heavy (non-hydrogen) atoms.